The molecule has 0 bridgehead atoms. The van der Waals surface area contributed by atoms with Crippen LogP contribution in [-0.2, 0) is 0 Å². The highest BCUT2D eigenvalue weighted by Crippen LogP contribution is 2.35. The second kappa shape index (κ2) is 5.47. The van der Waals surface area contributed by atoms with Crippen LogP contribution in [0.2, 0.25) is 4.34 Å². The van der Waals surface area contributed by atoms with Crippen LogP contribution >= 0.6 is 22.9 Å². The van der Waals surface area contributed by atoms with Gasteiger partial charge in [-0.3, -0.25) is 4.79 Å². The Bertz CT molecular complexity index is 821. The second-order valence-electron chi connectivity index (χ2n) is 4.87. The molecule has 106 valence electrons. The number of hydrogen-bond donors (Lipinski definition) is 1. The maximum atomic E-state index is 12.5. The third-order valence-corrected chi connectivity index (χ3v) is 4.50. The van der Waals surface area contributed by atoms with Crippen LogP contribution in [0.4, 0.5) is 5.82 Å². The SMILES string of the molecule is Cc1cc(C)nc(NC(=O)c2c(Cl)sc3ccccc23)c1. The maximum Gasteiger partial charge on any atom is 0.259 e. The van der Waals surface area contributed by atoms with Gasteiger partial charge >= 0.3 is 0 Å². The summed E-state index contributed by atoms with van der Waals surface area (Å²) in [5.41, 5.74) is 2.43. The first-order valence-corrected chi connectivity index (χ1v) is 7.68. The fraction of sp³-hybridized carbons (Fsp3) is 0.125. The minimum Gasteiger partial charge on any atom is -0.306 e. The van der Waals surface area contributed by atoms with Crippen LogP contribution in [0.15, 0.2) is 36.4 Å². The molecule has 0 aliphatic rings. The first-order chi connectivity index (χ1) is 10.0. The van der Waals surface area contributed by atoms with Crippen molar-refractivity contribution < 1.29 is 4.79 Å². The number of amides is 1. The van der Waals surface area contributed by atoms with Crippen LogP contribution < -0.4 is 5.32 Å². The molecule has 5 heteroatoms. The van der Waals surface area contributed by atoms with Crippen LogP contribution in [-0.4, -0.2) is 10.9 Å². The van der Waals surface area contributed by atoms with E-state index in [1.54, 1.807) is 0 Å². The molecule has 3 rings (SSSR count). The van der Waals surface area contributed by atoms with Gasteiger partial charge in [-0.05, 0) is 37.6 Å². The average Bonchev–Trinajstić information content (AvgIpc) is 2.73. The molecular formula is C16H13ClN2OS. The van der Waals surface area contributed by atoms with Gasteiger partial charge in [0, 0.05) is 15.8 Å². The lowest BCUT2D eigenvalue weighted by molar-refractivity contribution is 0.102. The van der Waals surface area contributed by atoms with Crippen molar-refractivity contribution in [3.63, 3.8) is 0 Å². The summed E-state index contributed by atoms with van der Waals surface area (Å²) >= 11 is 7.64. The Balaban J connectivity index is 1.99. The van der Waals surface area contributed by atoms with E-state index < -0.39 is 0 Å². The van der Waals surface area contributed by atoms with E-state index in [-0.39, 0.29) is 5.91 Å². The van der Waals surface area contributed by atoms with Crippen molar-refractivity contribution in [2.75, 3.05) is 5.32 Å². The molecule has 0 spiro atoms. The Morgan fingerprint density at radius 1 is 1.24 bits per heavy atom. The number of nitrogens with zero attached hydrogens (tertiary/aromatic N) is 1. The second-order valence-corrected chi connectivity index (χ2v) is 6.53. The molecule has 3 nitrogen and oxygen atoms in total. The minimum atomic E-state index is -0.227. The van der Waals surface area contributed by atoms with Crippen LogP contribution in [0, 0.1) is 13.8 Å². The maximum absolute atomic E-state index is 12.5. The standard InChI is InChI=1S/C16H13ClN2OS/c1-9-7-10(2)18-13(8-9)19-16(20)14-11-5-3-4-6-12(11)21-15(14)17/h3-8H,1-2H3,(H,18,19,20). The topological polar surface area (TPSA) is 42.0 Å². The highest BCUT2D eigenvalue weighted by atomic mass is 35.5. The summed E-state index contributed by atoms with van der Waals surface area (Å²) in [6.45, 7) is 3.87. The Labute approximate surface area is 131 Å². The van der Waals surface area contributed by atoms with Crippen LogP contribution in [0.5, 0.6) is 0 Å². The third kappa shape index (κ3) is 2.77. The first kappa shape index (κ1) is 14.0. The van der Waals surface area contributed by atoms with Gasteiger partial charge in [0.15, 0.2) is 0 Å². The van der Waals surface area contributed by atoms with E-state index in [9.17, 15) is 4.79 Å². The molecule has 0 fully saturated rings. The molecule has 1 amide bonds. The number of thiophene rings is 1. The van der Waals surface area contributed by atoms with E-state index in [1.807, 2.05) is 50.2 Å². The number of anilines is 1. The highest BCUT2D eigenvalue weighted by molar-refractivity contribution is 7.23. The van der Waals surface area contributed by atoms with Crippen LogP contribution in [0.1, 0.15) is 21.6 Å². The summed E-state index contributed by atoms with van der Waals surface area (Å²) in [4.78, 5) is 16.8. The number of carbonyl (C=O) groups is 1. The van der Waals surface area contributed by atoms with Gasteiger partial charge in [0.1, 0.15) is 10.2 Å². The zero-order valence-corrected chi connectivity index (χ0v) is 13.2. The number of aryl methyl sites for hydroxylation is 2. The molecule has 0 radical (unpaired) electrons. The van der Waals surface area contributed by atoms with Crippen molar-refractivity contribution in [1.29, 1.82) is 0 Å². The predicted octanol–water partition coefficient (Wildman–Crippen LogP) is 4.82. The molecule has 1 N–H and O–H groups in total. The van der Waals surface area contributed by atoms with Crippen molar-refractivity contribution in [1.82, 2.24) is 4.98 Å². The molecule has 0 aliphatic heterocycles. The Morgan fingerprint density at radius 3 is 2.76 bits per heavy atom. The molecule has 21 heavy (non-hydrogen) atoms. The van der Waals surface area contributed by atoms with Gasteiger partial charge in [0.2, 0.25) is 0 Å². The van der Waals surface area contributed by atoms with E-state index in [4.69, 9.17) is 11.6 Å². The number of benzene rings is 1. The molecule has 2 heterocycles. The fourth-order valence-corrected chi connectivity index (χ4v) is 3.67. The van der Waals surface area contributed by atoms with Crippen LogP contribution in [0.25, 0.3) is 10.1 Å². The first-order valence-electron chi connectivity index (χ1n) is 6.48. The molecule has 0 aliphatic carbocycles. The van der Waals surface area contributed by atoms with Crippen LogP contribution in [0.3, 0.4) is 0 Å². The van der Waals surface area contributed by atoms with Crippen molar-refractivity contribution in [3.8, 4) is 0 Å². The zero-order chi connectivity index (χ0) is 15.0. The number of halogens is 1. The number of fused-ring (bicyclic) bond motifs is 1. The smallest absolute Gasteiger partial charge is 0.259 e. The molecule has 0 atom stereocenters. The lowest BCUT2D eigenvalue weighted by Crippen LogP contribution is -2.13. The zero-order valence-electron chi connectivity index (χ0n) is 11.6. The van der Waals surface area contributed by atoms with Crippen molar-refractivity contribution in [3.05, 3.63) is 57.6 Å². The fourth-order valence-electron chi connectivity index (χ4n) is 2.31. The summed E-state index contributed by atoms with van der Waals surface area (Å²) in [7, 11) is 0. The summed E-state index contributed by atoms with van der Waals surface area (Å²) in [5.74, 6) is 0.318. The molecular weight excluding hydrogens is 304 g/mol. The van der Waals surface area contributed by atoms with Gasteiger partial charge < -0.3 is 5.32 Å². The van der Waals surface area contributed by atoms with Gasteiger partial charge in [0.05, 0.1) is 5.56 Å². The third-order valence-electron chi connectivity index (χ3n) is 3.12. The van der Waals surface area contributed by atoms with Gasteiger partial charge in [0.25, 0.3) is 5.91 Å². The van der Waals surface area contributed by atoms with E-state index in [1.165, 1.54) is 11.3 Å². The summed E-state index contributed by atoms with van der Waals surface area (Å²) < 4.78 is 1.50. The molecule has 3 aromatic rings. The Morgan fingerprint density at radius 2 is 2.00 bits per heavy atom. The summed E-state index contributed by atoms with van der Waals surface area (Å²) in [6, 6.07) is 11.5. The largest absolute Gasteiger partial charge is 0.306 e. The molecule has 2 aromatic heterocycles. The van der Waals surface area contributed by atoms with Gasteiger partial charge in [-0.15, -0.1) is 11.3 Å². The quantitative estimate of drug-likeness (QED) is 0.736. The lowest BCUT2D eigenvalue weighted by Gasteiger charge is -2.06. The van der Waals surface area contributed by atoms with Crippen molar-refractivity contribution in [2.45, 2.75) is 13.8 Å². The van der Waals surface area contributed by atoms with E-state index in [2.05, 4.69) is 10.3 Å². The minimum absolute atomic E-state index is 0.227. The predicted molar refractivity (Wildman–Crippen MR) is 88.5 cm³/mol. The molecule has 0 saturated heterocycles. The van der Waals surface area contributed by atoms with Crippen molar-refractivity contribution >= 4 is 44.7 Å². The van der Waals surface area contributed by atoms with Gasteiger partial charge in [-0.25, -0.2) is 4.98 Å². The normalized spacial score (nSPS) is 10.8. The number of hydrogen-bond acceptors (Lipinski definition) is 3. The average molecular weight is 317 g/mol. The van der Waals surface area contributed by atoms with Gasteiger partial charge in [-0.2, -0.15) is 0 Å². The molecule has 0 saturated carbocycles. The molecule has 0 unspecified atom stereocenters. The Hall–Kier alpha value is -1.91. The van der Waals surface area contributed by atoms with E-state index in [0.717, 1.165) is 21.3 Å². The number of carbonyl (C=O) groups excluding carboxylic acids is 1. The highest BCUT2D eigenvalue weighted by Gasteiger charge is 2.18. The number of rotatable bonds is 2. The number of aromatic nitrogens is 1. The number of nitrogens with one attached hydrogen (secondary N) is 1. The molecule has 1 aromatic carbocycles. The monoisotopic (exact) mass is 316 g/mol. The Kier molecular flexibility index (Phi) is 3.66. The van der Waals surface area contributed by atoms with Gasteiger partial charge in [-0.1, -0.05) is 29.8 Å². The number of pyridine rings is 1. The summed E-state index contributed by atoms with van der Waals surface area (Å²) in [6.07, 6.45) is 0. The van der Waals surface area contributed by atoms with E-state index in [0.29, 0.717) is 15.7 Å². The van der Waals surface area contributed by atoms with Crippen molar-refractivity contribution in [2.24, 2.45) is 0 Å². The summed E-state index contributed by atoms with van der Waals surface area (Å²) in [5, 5.41) is 3.70. The van der Waals surface area contributed by atoms with E-state index >= 15 is 0 Å². The lowest BCUT2D eigenvalue weighted by atomic mass is 10.1.